The molecule has 1 heterocycles. The molecule has 6 heavy (non-hydrogen) atoms. The van der Waals surface area contributed by atoms with E-state index in [2.05, 4.69) is 0 Å². The van der Waals surface area contributed by atoms with Crippen LogP contribution in [0.4, 0.5) is 0 Å². The van der Waals surface area contributed by atoms with Crippen molar-refractivity contribution in [2.24, 2.45) is 0 Å². The van der Waals surface area contributed by atoms with Crippen molar-refractivity contribution < 1.29 is 4.79 Å². The van der Waals surface area contributed by atoms with E-state index in [-0.39, 0.29) is 0 Å². The van der Waals surface area contributed by atoms with Crippen LogP contribution in [0.15, 0.2) is 0 Å². The number of rotatable bonds is 0. The van der Waals surface area contributed by atoms with Crippen molar-refractivity contribution in [3.63, 3.8) is 0 Å². The topological polar surface area (TPSA) is 17.1 Å². The fraction of sp³-hybridized carbons (Fsp3) is 0.667. The molecule has 0 aliphatic carbocycles. The van der Waals surface area contributed by atoms with Gasteiger partial charge in [-0.15, -0.1) is 11.4 Å². The van der Waals surface area contributed by atoms with E-state index in [9.17, 15) is 4.79 Å². The molecule has 0 radical (unpaired) electrons. The van der Waals surface area contributed by atoms with Gasteiger partial charge in [0.15, 0.2) is 5.52 Å². The Hall–Kier alpha value is 0.450. The van der Waals surface area contributed by atoms with E-state index in [4.69, 9.17) is 0 Å². The van der Waals surface area contributed by atoms with Gasteiger partial charge in [0.05, 0.1) is 0 Å². The molecule has 0 aromatic rings. The highest BCUT2D eigenvalue weighted by atomic mass is 32.7. The van der Waals surface area contributed by atoms with Crippen molar-refractivity contribution in [3.8, 4) is 0 Å². The van der Waals surface area contributed by atoms with Gasteiger partial charge in [0.1, 0.15) is 0 Å². The summed E-state index contributed by atoms with van der Waals surface area (Å²) in [4.78, 5) is 10.2. The van der Waals surface area contributed by atoms with Crippen LogP contribution < -0.4 is 0 Å². The lowest BCUT2D eigenvalue weighted by Crippen LogP contribution is -1.77. The minimum atomic E-state index is 0.444. The molecule has 1 nitrogen and oxygen atoms in total. The molecule has 0 amide bonds. The predicted molar refractivity (Wildman–Crippen MR) is 30.4 cm³/mol. The molecule has 0 bridgehead atoms. The molecule has 1 aliphatic rings. The number of carbonyl (C=O) groups is 1. The highest BCUT2D eigenvalue weighted by Gasteiger charge is 2.08. The SMILES string of the molecule is O=C1CCSP1. The van der Waals surface area contributed by atoms with Gasteiger partial charge in [-0.2, -0.15) is 0 Å². The second kappa shape index (κ2) is 1.94. The van der Waals surface area contributed by atoms with Gasteiger partial charge >= 0.3 is 0 Å². The van der Waals surface area contributed by atoms with Gasteiger partial charge in [-0.25, -0.2) is 0 Å². The van der Waals surface area contributed by atoms with Gasteiger partial charge in [0.25, 0.3) is 0 Å². The largest absolute Gasteiger partial charge is 0.294 e. The van der Waals surface area contributed by atoms with Crippen LogP contribution in [-0.4, -0.2) is 11.3 Å². The molecule has 1 unspecified atom stereocenters. The van der Waals surface area contributed by atoms with Gasteiger partial charge in [-0.05, 0) is 0 Å². The maximum absolute atomic E-state index is 10.2. The second-order valence-electron chi connectivity index (χ2n) is 1.12. The van der Waals surface area contributed by atoms with Crippen LogP contribution >= 0.6 is 19.2 Å². The molecule has 1 saturated heterocycles. The summed E-state index contributed by atoms with van der Waals surface area (Å²) in [5.74, 6) is 1.07. The van der Waals surface area contributed by atoms with Crippen LogP contribution in [0.2, 0.25) is 0 Å². The summed E-state index contributed by atoms with van der Waals surface area (Å²) in [5, 5.41) is 0. The Morgan fingerprint density at radius 1 is 1.83 bits per heavy atom. The summed E-state index contributed by atoms with van der Waals surface area (Å²) in [6.07, 6.45) is 0.823. The third-order valence-corrected chi connectivity index (χ3v) is 3.38. The van der Waals surface area contributed by atoms with Crippen LogP contribution in [0.1, 0.15) is 6.42 Å². The van der Waals surface area contributed by atoms with E-state index in [1.54, 1.807) is 11.4 Å². The lowest BCUT2D eigenvalue weighted by molar-refractivity contribution is -0.110. The highest BCUT2D eigenvalue weighted by molar-refractivity contribution is 8.54. The monoisotopic (exact) mass is 120 g/mol. The molecule has 0 aromatic heterocycles. The van der Waals surface area contributed by atoms with Crippen molar-refractivity contribution in [2.45, 2.75) is 6.42 Å². The first-order valence-corrected chi connectivity index (χ1v) is 4.51. The molecule has 0 spiro atoms. The van der Waals surface area contributed by atoms with Crippen molar-refractivity contribution >= 4 is 24.7 Å². The molecular weight excluding hydrogens is 115 g/mol. The molecule has 0 N–H and O–H groups in total. The van der Waals surface area contributed by atoms with E-state index < -0.39 is 0 Å². The Morgan fingerprint density at radius 3 is 2.83 bits per heavy atom. The Labute approximate surface area is 42.4 Å². The minimum Gasteiger partial charge on any atom is -0.294 e. The number of carbonyl (C=O) groups excluding carboxylic acids is 1. The summed E-state index contributed by atoms with van der Waals surface area (Å²) in [6, 6.07) is 0. The average Bonchev–Trinajstić information content (AvgIpc) is 1.86. The van der Waals surface area contributed by atoms with E-state index in [1.165, 1.54) is 0 Å². The van der Waals surface area contributed by atoms with Crippen LogP contribution in [0.25, 0.3) is 0 Å². The van der Waals surface area contributed by atoms with Crippen molar-refractivity contribution in [1.82, 2.24) is 0 Å². The first-order valence-electron chi connectivity index (χ1n) is 1.80. The van der Waals surface area contributed by atoms with Gasteiger partial charge in [-0.3, -0.25) is 4.79 Å². The minimum absolute atomic E-state index is 0.444. The molecular formula is C3H5OPS. The Kier molecular flexibility index (Phi) is 1.49. The van der Waals surface area contributed by atoms with Gasteiger partial charge < -0.3 is 0 Å². The maximum atomic E-state index is 10.2. The normalized spacial score (nSPS) is 26.3. The molecule has 3 heteroatoms. The standard InChI is InChI=1S/C3H5OPS/c4-3-1-2-6-5-3/h5H,1-2H2. The van der Waals surface area contributed by atoms with Crippen LogP contribution in [0, 0.1) is 0 Å². The van der Waals surface area contributed by atoms with E-state index in [0.717, 1.165) is 12.2 Å². The molecule has 1 rings (SSSR count). The van der Waals surface area contributed by atoms with Crippen molar-refractivity contribution in [3.05, 3.63) is 0 Å². The summed E-state index contributed by atoms with van der Waals surface area (Å²) < 4.78 is 0. The Balaban J connectivity index is 2.37. The molecule has 0 aromatic carbocycles. The Bertz CT molecular complexity index is 65.2. The van der Waals surface area contributed by atoms with Gasteiger partial charge in [0.2, 0.25) is 0 Å². The van der Waals surface area contributed by atoms with Crippen molar-refractivity contribution in [2.75, 3.05) is 5.75 Å². The lowest BCUT2D eigenvalue weighted by atomic mass is 10.6. The third-order valence-electron chi connectivity index (χ3n) is 0.617. The average molecular weight is 120 g/mol. The quantitative estimate of drug-likeness (QED) is 0.447. The first kappa shape index (κ1) is 4.61. The van der Waals surface area contributed by atoms with Crippen LogP contribution in [-0.2, 0) is 4.79 Å². The number of hydrogen-bond acceptors (Lipinski definition) is 2. The molecule has 1 aliphatic heterocycles. The Morgan fingerprint density at radius 2 is 2.67 bits per heavy atom. The fourth-order valence-corrected chi connectivity index (χ4v) is 2.69. The maximum Gasteiger partial charge on any atom is 0.162 e. The second-order valence-corrected chi connectivity index (χ2v) is 4.06. The van der Waals surface area contributed by atoms with Gasteiger partial charge in [-0.1, -0.05) is 0 Å². The van der Waals surface area contributed by atoms with E-state index >= 15 is 0 Å². The zero-order valence-corrected chi connectivity index (χ0v) is 5.05. The van der Waals surface area contributed by atoms with E-state index in [1.807, 2.05) is 0 Å². The summed E-state index contributed by atoms with van der Waals surface area (Å²) >= 11 is 1.76. The summed E-state index contributed by atoms with van der Waals surface area (Å²) in [5.41, 5.74) is 0.444. The van der Waals surface area contributed by atoms with Crippen LogP contribution in [0.3, 0.4) is 0 Å². The summed E-state index contributed by atoms with van der Waals surface area (Å²) in [6.45, 7) is 0. The molecule has 1 fully saturated rings. The molecule has 1 atom stereocenters. The zero-order valence-electron chi connectivity index (χ0n) is 3.23. The molecule has 0 saturated carbocycles. The van der Waals surface area contributed by atoms with E-state index in [0.29, 0.717) is 13.3 Å². The number of hydrogen-bond donors (Lipinski definition) is 0. The lowest BCUT2D eigenvalue weighted by Gasteiger charge is -1.70. The van der Waals surface area contributed by atoms with Crippen molar-refractivity contribution in [1.29, 1.82) is 0 Å². The first-order chi connectivity index (χ1) is 2.89. The smallest absolute Gasteiger partial charge is 0.162 e. The highest BCUT2D eigenvalue weighted by Crippen LogP contribution is 2.38. The van der Waals surface area contributed by atoms with Crippen LogP contribution in [0.5, 0.6) is 0 Å². The zero-order chi connectivity index (χ0) is 4.41. The third kappa shape index (κ3) is 0.954. The predicted octanol–water partition coefficient (Wildman–Crippen LogP) is 1.24. The molecule has 34 valence electrons. The summed E-state index contributed by atoms with van der Waals surface area (Å²) in [7, 11) is 0.560. The fourth-order valence-electron chi connectivity index (χ4n) is 0.326. The van der Waals surface area contributed by atoms with Gasteiger partial charge in [0, 0.05) is 20.0 Å².